The van der Waals surface area contributed by atoms with Crippen LogP contribution in [0, 0.1) is 5.41 Å². The van der Waals surface area contributed by atoms with Crippen molar-refractivity contribution >= 4 is 46.9 Å². The molecule has 0 aliphatic carbocycles. The lowest BCUT2D eigenvalue weighted by Gasteiger charge is -2.33. The van der Waals surface area contributed by atoms with Crippen LogP contribution in [0.25, 0.3) is 0 Å². The fourth-order valence-electron chi connectivity index (χ4n) is 3.88. The molecule has 0 saturated heterocycles. The van der Waals surface area contributed by atoms with E-state index in [1.54, 1.807) is 23.5 Å². The van der Waals surface area contributed by atoms with E-state index in [9.17, 15) is 13.2 Å². The third kappa shape index (κ3) is 9.43. The number of hydrogen-bond donors (Lipinski definition) is 0. The van der Waals surface area contributed by atoms with Crippen LogP contribution in [0.15, 0.2) is 52.8 Å². The van der Waals surface area contributed by atoms with E-state index in [-0.39, 0.29) is 29.7 Å². The smallest absolute Gasteiger partial charge is 0.321 e. The molecule has 0 atom stereocenters. The van der Waals surface area contributed by atoms with Gasteiger partial charge in [0, 0.05) is 16.8 Å². The lowest BCUT2D eigenvalue weighted by atomic mass is 9.88. The van der Waals surface area contributed by atoms with Crippen LogP contribution < -0.4 is 4.74 Å². The monoisotopic (exact) mass is 599 g/mol. The van der Waals surface area contributed by atoms with Gasteiger partial charge in [0.05, 0.1) is 19.1 Å². The van der Waals surface area contributed by atoms with Gasteiger partial charge in [-0.25, -0.2) is 8.42 Å². The lowest BCUT2D eigenvalue weighted by molar-refractivity contribution is -0.140. The average Bonchev–Trinajstić information content (AvgIpc) is 3.35. The number of sulfonamides is 1. The van der Waals surface area contributed by atoms with Crippen LogP contribution in [0.4, 0.5) is 0 Å². The maximum Gasteiger partial charge on any atom is 0.321 e. The predicted molar refractivity (Wildman–Crippen MR) is 158 cm³/mol. The zero-order chi connectivity index (χ0) is 28.2. The van der Waals surface area contributed by atoms with Gasteiger partial charge in [-0.2, -0.15) is 4.31 Å². The summed E-state index contributed by atoms with van der Waals surface area (Å²) >= 11 is 1.59. The number of thiophene rings is 1. The van der Waals surface area contributed by atoms with Crippen molar-refractivity contribution in [1.29, 1.82) is 0 Å². The Kier molecular flexibility index (Phi) is 13.4. The van der Waals surface area contributed by atoms with E-state index in [0.717, 1.165) is 23.3 Å². The molecule has 1 aromatic carbocycles. The van der Waals surface area contributed by atoms with Crippen molar-refractivity contribution in [1.82, 2.24) is 4.31 Å². The van der Waals surface area contributed by atoms with Gasteiger partial charge in [0.2, 0.25) is 10.0 Å². The number of rotatable bonds is 17. The highest BCUT2D eigenvalue weighted by molar-refractivity contribution is 7.89. The van der Waals surface area contributed by atoms with Crippen molar-refractivity contribution in [3.05, 3.63) is 58.3 Å². The fourth-order valence-corrected chi connectivity index (χ4v) is 8.07. The molecule has 1 aromatic heterocycles. The molecule has 0 bridgehead atoms. The first-order chi connectivity index (χ1) is 18.1. The Morgan fingerprint density at radius 2 is 1.74 bits per heavy atom. The highest BCUT2D eigenvalue weighted by atomic mass is 32.2. The number of carbonyl (C=O) groups excluding carboxylic acids is 1. The number of benzene rings is 1. The van der Waals surface area contributed by atoms with Crippen molar-refractivity contribution in [3.63, 3.8) is 0 Å². The number of carbonyl (C=O) groups is 1. The van der Waals surface area contributed by atoms with Crippen molar-refractivity contribution in [2.24, 2.45) is 5.41 Å². The second-order valence-corrected chi connectivity index (χ2v) is 14.1. The highest BCUT2D eigenvalue weighted by Crippen LogP contribution is 2.29. The van der Waals surface area contributed by atoms with Gasteiger partial charge in [0.1, 0.15) is 18.6 Å². The van der Waals surface area contributed by atoms with Gasteiger partial charge in [-0.15, -0.1) is 11.3 Å². The van der Waals surface area contributed by atoms with Crippen LogP contribution in [0.3, 0.4) is 0 Å². The molecule has 0 aliphatic rings. The molecule has 0 saturated carbocycles. The molecular formula is C26H41NO7S2Si2. The second-order valence-electron chi connectivity index (χ2n) is 9.32. The van der Waals surface area contributed by atoms with Crippen molar-refractivity contribution < 1.29 is 31.5 Å². The molecular weight excluding hydrogens is 559 g/mol. The standard InChI is InChI=1S/C26H41NO7S2Si2/c1-26(2,25(33-37-5)34-38-6)16-8-7-9-20-15-18-35-23(20)14-17-27(19-24(28)32-4)36(29,30)22-12-10-21(31-3)11-13-22/h7-8,10-13,15,18,25H,9,14,16-17,19,37-38H2,1-6H3. The largest absolute Gasteiger partial charge is 0.497 e. The Morgan fingerprint density at radius 1 is 1.08 bits per heavy atom. The average molecular weight is 600 g/mol. The van der Waals surface area contributed by atoms with Crippen LogP contribution in [-0.2, 0) is 41.2 Å². The van der Waals surface area contributed by atoms with Gasteiger partial charge in [0.25, 0.3) is 0 Å². The zero-order valence-electron chi connectivity index (χ0n) is 23.3. The minimum atomic E-state index is -3.90. The van der Waals surface area contributed by atoms with Gasteiger partial charge in [-0.1, -0.05) is 39.1 Å². The maximum absolute atomic E-state index is 13.3. The van der Waals surface area contributed by atoms with E-state index in [4.69, 9.17) is 18.3 Å². The first-order valence-corrected chi connectivity index (χ1v) is 19.0. The predicted octanol–water partition coefficient (Wildman–Crippen LogP) is 3.30. The van der Waals surface area contributed by atoms with Crippen molar-refractivity contribution in [3.8, 4) is 5.75 Å². The molecule has 2 rings (SSSR count). The molecule has 0 radical (unpaired) electrons. The van der Waals surface area contributed by atoms with Crippen molar-refractivity contribution in [2.75, 3.05) is 27.3 Å². The summed E-state index contributed by atoms with van der Waals surface area (Å²) in [6.45, 7) is 8.38. The van der Waals surface area contributed by atoms with Gasteiger partial charge < -0.3 is 18.3 Å². The molecule has 0 N–H and O–H groups in total. The van der Waals surface area contributed by atoms with E-state index in [1.807, 2.05) is 5.38 Å². The molecule has 2 aromatic rings. The minimum absolute atomic E-state index is 0.0990. The Labute approximate surface area is 236 Å². The third-order valence-electron chi connectivity index (χ3n) is 6.08. The summed E-state index contributed by atoms with van der Waals surface area (Å²) in [5.41, 5.74) is 1.04. The number of allylic oxidation sites excluding steroid dienone is 2. The van der Waals surface area contributed by atoms with Crippen LogP contribution in [0.2, 0.25) is 13.1 Å². The van der Waals surface area contributed by atoms with Gasteiger partial charge in [0.15, 0.2) is 19.5 Å². The molecule has 38 heavy (non-hydrogen) atoms. The molecule has 0 unspecified atom stereocenters. The highest BCUT2D eigenvalue weighted by Gasteiger charge is 2.29. The SMILES string of the molecule is COC(=O)CN(CCc1sccc1CC=CCC(C)(C)C(O[SiH2]C)O[SiH2]C)S(=O)(=O)c1ccc(OC)cc1. The molecule has 12 heteroatoms. The molecule has 0 amide bonds. The van der Waals surface area contributed by atoms with Gasteiger partial charge >= 0.3 is 5.97 Å². The van der Waals surface area contributed by atoms with E-state index < -0.39 is 35.5 Å². The number of methoxy groups -OCH3 is 2. The molecule has 0 fully saturated rings. The summed E-state index contributed by atoms with van der Waals surface area (Å²) in [6.07, 6.45) is 6.25. The first kappa shape index (κ1) is 32.4. The summed E-state index contributed by atoms with van der Waals surface area (Å²) in [6, 6.07) is 8.20. The molecule has 8 nitrogen and oxygen atoms in total. The summed E-state index contributed by atoms with van der Waals surface area (Å²) in [5.74, 6) is -0.0556. The number of esters is 1. The number of nitrogens with zero attached hydrogens (tertiary/aromatic N) is 1. The van der Waals surface area contributed by atoms with Crippen LogP contribution >= 0.6 is 11.3 Å². The lowest BCUT2D eigenvalue weighted by Crippen LogP contribution is -2.37. The topological polar surface area (TPSA) is 91.4 Å². The Morgan fingerprint density at radius 3 is 2.32 bits per heavy atom. The zero-order valence-corrected chi connectivity index (χ0v) is 27.7. The Bertz CT molecular complexity index is 1130. The van der Waals surface area contributed by atoms with E-state index in [2.05, 4.69) is 45.2 Å². The summed E-state index contributed by atoms with van der Waals surface area (Å²) < 4.78 is 49.7. The van der Waals surface area contributed by atoms with E-state index >= 15 is 0 Å². The van der Waals surface area contributed by atoms with Crippen LogP contribution in [0.5, 0.6) is 5.75 Å². The number of hydrogen-bond acceptors (Lipinski definition) is 8. The Hall–Kier alpha value is -1.81. The van der Waals surface area contributed by atoms with E-state index in [0.29, 0.717) is 12.2 Å². The summed E-state index contributed by atoms with van der Waals surface area (Å²) in [4.78, 5) is 13.2. The normalized spacial score (nSPS) is 13.9. The van der Waals surface area contributed by atoms with Gasteiger partial charge in [-0.05, 0) is 60.5 Å². The third-order valence-corrected chi connectivity index (χ3v) is 10.2. The van der Waals surface area contributed by atoms with Crippen molar-refractivity contribution in [2.45, 2.75) is 57.4 Å². The van der Waals surface area contributed by atoms with E-state index in [1.165, 1.54) is 30.7 Å². The van der Waals surface area contributed by atoms with Gasteiger partial charge in [-0.3, -0.25) is 4.79 Å². The maximum atomic E-state index is 13.3. The quantitative estimate of drug-likeness (QED) is 0.119. The Balaban J connectivity index is 2.09. The minimum Gasteiger partial charge on any atom is -0.497 e. The van der Waals surface area contributed by atoms with Crippen LogP contribution in [-0.4, -0.2) is 71.8 Å². The molecule has 212 valence electrons. The molecule has 0 aliphatic heterocycles. The summed E-state index contributed by atoms with van der Waals surface area (Å²) in [5, 5.41) is 2.01. The molecule has 0 spiro atoms. The number of ether oxygens (including phenoxy) is 2. The molecule has 1 heterocycles. The summed E-state index contributed by atoms with van der Waals surface area (Å²) in [7, 11) is -2.26. The first-order valence-electron chi connectivity index (χ1n) is 12.7. The second kappa shape index (κ2) is 15.7. The fraction of sp³-hybridized carbons (Fsp3) is 0.500. The van der Waals surface area contributed by atoms with Crippen LogP contribution in [0.1, 0.15) is 30.7 Å².